The van der Waals surface area contributed by atoms with Crippen LogP contribution < -0.4 is 5.32 Å². The van der Waals surface area contributed by atoms with E-state index in [-0.39, 0.29) is 24.8 Å². The second-order valence-electron chi connectivity index (χ2n) is 6.20. The molecule has 7 heteroatoms. The number of benzene rings is 1. The Morgan fingerprint density at radius 1 is 1.15 bits per heavy atom. The number of hydrogen-bond donors (Lipinski definition) is 1. The fourth-order valence-corrected chi connectivity index (χ4v) is 3.22. The van der Waals surface area contributed by atoms with Gasteiger partial charge in [0.1, 0.15) is 5.01 Å². The average Bonchev–Trinajstić information content (AvgIpc) is 3.12. The van der Waals surface area contributed by atoms with Gasteiger partial charge in [-0.05, 0) is 31.2 Å². The Kier molecular flexibility index (Phi) is 5.93. The number of anilines is 1. The highest BCUT2D eigenvalue weighted by atomic mass is 32.1. The average molecular weight is 380 g/mol. The maximum Gasteiger partial charge on any atom is 0.243 e. The minimum absolute atomic E-state index is 0.00998. The van der Waals surface area contributed by atoms with E-state index in [0.29, 0.717) is 11.4 Å². The molecule has 0 aliphatic carbocycles. The number of carbonyl (C=O) groups excluding carboxylic acids is 2. The van der Waals surface area contributed by atoms with Crippen LogP contribution in [0.25, 0.3) is 10.7 Å². The largest absolute Gasteiger partial charge is 0.336 e. The lowest BCUT2D eigenvalue weighted by molar-refractivity contribution is -0.132. The molecule has 0 aliphatic rings. The number of aryl methyl sites for hydroxylation is 1. The summed E-state index contributed by atoms with van der Waals surface area (Å²) in [6.45, 7) is 1.97. The predicted molar refractivity (Wildman–Crippen MR) is 106 cm³/mol. The molecule has 0 saturated heterocycles. The van der Waals surface area contributed by atoms with E-state index in [4.69, 9.17) is 0 Å². The van der Waals surface area contributed by atoms with Gasteiger partial charge >= 0.3 is 0 Å². The Bertz CT molecular complexity index is 923. The maximum absolute atomic E-state index is 12.4. The molecule has 0 radical (unpaired) electrons. The summed E-state index contributed by atoms with van der Waals surface area (Å²) in [7, 11) is 1.61. The zero-order chi connectivity index (χ0) is 19.2. The summed E-state index contributed by atoms with van der Waals surface area (Å²) in [5.74, 6) is -0.394. The number of nitrogens with one attached hydrogen (secondary N) is 1. The summed E-state index contributed by atoms with van der Waals surface area (Å²) >= 11 is 1.45. The molecule has 6 nitrogen and oxygen atoms in total. The molecule has 3 rings (SSSR count). The molecule has 0 saturated carbocycles. The first kappa shape index (κ1) is 18.7. The molecule has 0 fully saturated rings. The highest BCUT2D eigenvalue weighted by Gasteiger charge is 2.16. The monoisotopic (exact) mass is 380 g/mol. The molecule has 3 aromatic rings. The van der Waals surface area contributed by atoms with E-state index in [1.165, 1.54) is 16.2 Å². The van der Waals surface area contributed by atoms with Crippen LogP contribution in [0.3, 0.4) is 0 Å². The van der Waals surface area contributed by atoms with Crippen molar-refractivity contribution in [3.63, 3.8) is 0 Å². The van der Waals surface area contributed by atoms with Crippen LogP contribution in [0.4, 0.5) is 5.69 Å². The van der Waals surface area contributed by atoms with Crippen LogP contribution in [0.15, 0.2) is 54.0 Å². The Labute approximate surface area is 161 Å². The highest BCUT2D eigenvalue weighted by molar-refractivity contribution is 7.13. The zero-order valence-corrected chi connectivity index (χ0v) is 16.0. The summed E-state index contributed by atoms with van der Waals surface area (Å²) in [4.78, 5) is 34.6. The highest BCUT2D eigenvalue weighted by Crippen LogP contribution is 2.21. The van der Waals surface area contributed by atoms with Gasteiger partial charge in [0.05, 0.1) is 24.4 Å². The quantitative estimate of drug-likeness (QED) is 0.713. The zero-order valence-electron chi connectivity index (χ0n) is 15.2. The van der Waals surface area contributed by atoms with E-state index >= 15 is 0 Å². The molecule has 0 spiro atoms. The van der Waals surface area contributed by atoms with Crippen LogP contribution in [0, 0.1) is 6.92 Å². The van der Waals surface area contributed by atoms with Crippen molar-refractivity contribution in [2.45, 2.75) is 13.3 Å². The van der Waals surface area contributed by atoms with Crippen LogP contribution in [0.1, 0.15) is 11.3 Å². The molecule has 27 heavy (non-hydrogen) atoms. The molecule has 2 aromatic heterocycles. The van der Waals surface area contributed by atoms with Crippen molar-refractivity contribution < 1.29 is 9.59 Å². The van der Waals surface area contributed by atoms with Gasteiger partial charge in [-0.1, -0.05) is 23.8 Å². The topological polar surface area (TPSA) is 75.2 Å². The van der Waals surface area contributed by atoms with Gasteiger partial charge in [0.2, 0.25) is 11.8 Å². The summed E-state index contributed by atoms with van der Waals surface area (Å²) in [6.07, 6.45) is 1.86. The summed E-state index contributed by atoms with van der Waals surface area (Å²) in [6, 6.07) is 13.1. The summed E-state index contributed by atoms with van der Waals surface area (Å²) in [5, 5.41) is 5.42. The van der Waals surface area contributed by atoms with Crippen LogP contribution in [0.5, 0.6) is 0 Å². The number of rotatable bonds is 6. The molecule has 0 aliphatic heterocycles. The van der Waals surface area contributed by atoms with Gasteiger partial charge in [0.15, 0.2) is 0 Å². The minimum Gasteiger partial charge on any atom is -0.336 e. The van der Waals surface area contributed by atoms with Crippen molar-refractivity contribution in [3.8, 4) is 10.7 Å². The van der Waals surface area contributed by atoms with E-state index < -0.39 is 0 Å². The number of pyridine rings is 1. The molecule has 2 heterocycles. The molecular weight excluding hydrogens is 360 g/mol. The van der Waals surface area contributed by atoms with E-state index in [2.05, 4.69) is 15.3 Å². The Morgan fingerprint density at radius 3 is 2.63 bits per heavy atom. The van der Waals surface area contributed by atoms with Gasteiger partial charge in [0, 0.05) is 24.3 Å². The van der Waals surface area contributed by atoms with Gasteiger partial charge in [-0.2, -0.15) is 0 Å². The van der Waals surface area contributed by atoms with Crippen molar-refractivity contribution in [1.29, 1.82) is 0 Å². The number of hydrogen-bond acceptors (Lipinski definition) is 5. The third kappa shape index (κ3) is 5.21. The van der Waals surface area contributed by atoms with Crippen LogP contribution in [0.2, 0.25) is 0 Å². The van der Waals surface area contributed by atoms with Crippen LogP contribution in [-0.2, 0) is 16.0 Å². The molecule has 0 atom stereocenters. The Hall–Kier alpha value is -3.06. The SMILES string of the molecule is Cc1ccc(NC(=O)CN(C)C(=O)Cc2csc(-c3ccccn3)n2)cc1. The van der Waals surface area contributed by atoms with Gasteiger partial charge in [-0.15, -0.1) is 11.3 Å². The lowest BCUT2D eigenvalue weighted by Crippen LogP contribution is -2.35. The van der Waals surface area contributed by atoms with Crippen molar-refractivity contribution >= 4 is 28.8 Å². The number of aromatic nitrogens is 2. The standard InChI is InChI=1S/C20H20N4O2S/c1-14-6-8-15(9-7-14)22-18(25)12-24(2)19(26)11-16-13-27-20(23-16)17-5-3-4-10-21-17/h3-10,13H,11-12H2,1-2H3,(H,22,25). The second kappa shape index (κ2) is 8.55. The molecule has 0 unspecified atom stereocenters. The molecule has 2 amide bonds. The minimum atomic E-state index is -0.234. The van der Waals surface area contributed by atoms with Crippen molar-refractivity contribution in [2.75, 3.05) is 18.9 Å². The number of amides is 2. The first-order valence-corrected chi connectivity index (χ1v) is 9.35. The number of nitrogens with zero attached hydrogens (tertiary/aromatic N) is 3. The third-order valence-corrected chi connectivity index (χ3v) is 4.82. The molecule has 1 aromatic carbocycles. The lowest BCUT2D eigenvalue weighted by atomic mass is 10.2. The lowest BCUT2D eigenvalue weighted by Gasteiger charge is -2.16. The Morgan fingerprint density at radius 2 is 1.93 bits per heavy atom. The fraction of sp³-hybridized carbons (Fsp3) is 0.200. The fourth-order valence-electron chi connectivity index (χ4n) is 2.43. The van der Waals surface area contributed by atoms with Gasteiger partial charge < -0.3 is 10.2 Å². The smallest absolute Gasteiger partial charge is 0.243 e. The molecule has 138 valence electrons. The van der Waals surface area contributed by atoms with Crippen LogP contribution >= 0.6 is 11.3 Å². The maximum atomic E-state index is 12.4. The van der Waals surface area contributed by atoms with Gasteiger partial charge in [0.25, 0.3) is 0 Å². The summed E-state index contributed by atoms with van der Waals surface area (Å²) < 4.78 is 0. The number of carbonyl (C=O) groups is 2. The van der Waals surface area contributed by atoms with E-state index in [9.17, 15) is 9.59 Å². The number of likely N-dealkylation sites (N-methyl/N-ethyl adjacent to an activating group) is 1. The first-order valence-electron chi connectivity index (χ1n) is 8.47. The predicted octanol–water partition coefficient (Wildman–Crippen LogP) is 3.15. The van der Waals surface area contributed by atoms with E-state index in [0.717, 1.165) is 16.3 Å². The Balaban J connectivity index is 1.54. The first-order chi connectivity index (χ1) is 13.0. The molecular formula is C20H20N4O2S. The third-order valence-electron chi connectivity index (χ3n) is 3.91. The molecule has 1 N–H and O–H groups in total. The normalized spacial score (nSPS) is 10.4. The number of thiazole rings is 1. The van der Waals surface area contributed by atoms with E-state index in [1.807, 2.05) is 54.8 Å². The van der Waals surface area contributed by atoms with Gasteiger partial charge in [-0.3, -0.25) is 14.6 Å². The van der Waals surface area contributed by atoms with Crippen molar-refractivity contribution in [2.24, 2.45) is 0 Å². The van der Waals surface area contributed by atoms with Crippen molar-refractivity contribution in [1.82, 2.24) is 14.9 Å². The van der Waals surface area contributed by atoms with Crippen LogP contribution in [-0.4, -0.2) is 40.3 Å². The van der Waals surface area contributed by atoms with E-state index in [1.54, 1.807) is 13.2 Å². The second-order valence-corrected chi connectivity index (χ2v) is 7.06. The molecule has 0 bridgehead atoms. The van der Waals surface area contributed by atoms with Crippen molar-refractivity contribution in [3.05, 3.63) is 65.3 Å². The van der Waals surface area contributed by atoms with Gasteiger partial charge in [-0.25, -0.2) is 4.98 Å². The summed E-state index contributed by atoms with van der Waals surface area (Å²) in [5.41, 5.74) is 3.29.